The third-order valence-corrected chi connectivity index (χ3v) is 6.20. The summed E-state index contributed by atoms with van der Waals surface area (Å²) in [5, 5.41) is 3.73. The zero-order valence-corrected chi connectivity index (χ0v) is 14.2. The molecule has 3 aliphatic rings. The number of hydrogen-bond acceptors (Lipinski definition) is 3. The Hall–Kier alpha value is -0.120. The van der Waals surface area contributed by atoms with Gasteiger partial charge >= 0.3 is 0 Å². The lowest BCUT2D eigenvalue weighted by atomic mass is 9.84. The van der Waals surface area contributed by atoms with Gasteiger partial charge in [-0.3, -0.25) is 9.80 Å². The molecule has 3 rings (SSSR count). The Balaban J connectivity index is 1.59. The van der Waals surface area contributed by atoms with Gasteiger partial charge in [0.1, 0.15) is 0 Å². The number of piperazine rings is 1. The summed E-state index contributed by atoms with van der Waals surface area (Å²) >= 11 is 0. The Morgan fingerprint density at radius 1 is 1.14 bits per heavy atom. The number of nitrogens with zero attached hydrogens (tertiary/aromatic N) is 2. The largest absolute Gasteiger partial charge is 0.316 e. The molecule has 0 spiro atoms. The van der Waals surface area contributed by atoms with Gasteiger partial charge in [-0.25, -0.2) is 0 Å². The van der Waals surface area contributed by atoms with Crippen LogP contribution in [-0.2, 0) is 0 Å². The van der Waals surface area contributed by atoms with Gasteiger partial charge in [-0.15, -0.1) is 0 Å². The first kappa shape index (κ1) is 15.8. The molecule has 0 radical (unpaired) electrons. The Bertz CT molecular complexity index is 324. The first-order valence-corrected chi connectivity index (χ1v) is 9.41. The topological polar surface area (TPSA) is 18.5 Å². The molecule has 0 aromatic carbocycles. The van der Waals surface area contributed by atoms with E-state index in [4.69, 9.17) is 0 Å². The highest BCUT2D eigenvalue weighted by Gasteiger charge is 2.40. The molecule has 3 heteroatoms. The molecule has 0 aromatic rings. The highest BCUT2D eigenvalue weighted by atomic mass is 15.3. The summed E-state index contributed by atoms with van der Waals surface area (Å²) in [5.74, 6) is 0. The average molecular weight is 293 g/mol. The molecule has 2 heterocycles. The summed E-state index contributed by atoms with van der Waals surface area (Å²) in [6.07, 6.45) is 9.91. The molecule has 0 bridgehead atoms. The van der Waals surface area contributed by atoms with Gasteiger partial charge < -0.3 is 5.32 Å². The van der Waals surface area contributed by atoms with Crippen LogP contribution < -0.4 is 5.32 Å². The minimum atomic E-state index is 0.574. The second-order valence-corrected chi connectivity index (χ2v) is 7.95. The van der Waals surface area contributed by atoms with Crippen LogP contribution in [0.25, 0.3) is 0 Å². The quantitative estimate of drug-likeness (QED) is 0.760. The Morgan fingerprint density at radius 2 is 1.95 bits per heavy atom. The summed E-state index contributed by atoms with van der Waals surface area (Å²) in [5.41, 5.74) is 0.574. The summed E-state index contributed by atoms with van der Waals surface area (Å²) in [7, 11) is 0. The molecule has 122 valence electrons. The first-order valence-electron chi connectivity index (χ1n) is 9.41. The van der Waals surface area contributed by atoms with E-state index in [2.05, 4.69) is 29.0 Å². The molecule has 3 nitrogen and oxygen atoms in total. The summed E-state index contributed by atoms with van der Waals surface area (Å²) in [6, 6.07) is 1.62. The highest BCUT2D eigenvalue weighted by Crippen LogP contribution is 2.39. The number of fused-ring (bicyclic) bond motifs is 1. The molecule has 2 unspecified atom stereocenters. The van der Waals surface area contributed by atoms with E-state index in [1.54, 1.807) is 0 Å². The van der Waals surface area contributed by atoms with Gasteiger partial charge in [0.05, 0.1) is 0 Å². The fourth-order valence-corrected chi connectivity index (χ4v) is 4.95. The van der Waals surface area contributed by atoms with Crippen molar-refractivity contribution in [3.63, 3.8) is 0 Å². The van der Waals surface area contributed by atoms with Gasteiger partial charge in [0.2, 0.25) is 0 Å². The molecule has 2 aliphatic heterocycles. The number of rotatable bonds is 6. The van der Waals surface area contributed by atoms with E-state index >= 15 is 0 Å². The van der Waals surface area contributed by atoms with E-state index in [1.165, 1.54) is 84.2 Å². The zero-order chi connectivity index (χ0) is 14.7. The summed E-state index contributed by atoms with van der Waals surface area (Å²) in [4.78, 5) is 5.59. The Morgan fingerprint density at radius 3 is 2.71 bits per heavy atom. The maximum absolute atomic E-state index is 3.73. The van der Waals surface area contributed by atoms with E-state index in [1.807, 2.05) is 0 Å². The fourth-order valence-electron chi connectivity index (χ4n) is 4.95. The minimum absolute atomic E-state index is 0.574. The lowest BCUT2D eigenvalue weighted by molar-refractivity contribution is 0.0265. The second kappa shape index (κ2) is 6.97. The third-order valence-electron chi connectivity index (χ3n) is 6.20. The van der Waals surface area contributed by atoms with Crippen LogP contribution in [0.2, 0.25) is 0 Å². The van der Waals surface area contributed by atoms with Crippen molar-refractivity contribution in [3.8, 4) is 0 Å². The molecule has 21 heavy (non-hydrogen) atoms. The molecular formula is C18H35N3. The van der Waals surface area contributed by atoms with Crippen molar-refractivity contribution >= 4 is 0 Å². The van der Waals surface area contributed by atoms with E-state index < -0.39 is 0 Å². The SMILES string of the molecule is CCCNCC1(CN2CC3CCCN3CC2C)CCCC1. The molecule has 3 fully saturated rings. The monoisotopic (exact) mass is 293 g/mol. The van der Waals surface area contributed by atoms with Crippen molar-refractivity contribution in [1.82, 2.24) is 15.1 Å². The Kier molecular flexibility index (Phi) is 5.23. The van der Waals surface area contributed by atoms with Crippen molar-refractivity contribution in [2.24, 2.45) is 5.41 Å². The van der Waals surface area contributed by atoms with Gasteiger partial charge in [-0.1, -0.05) is 19.8 Å². The maximum atomic E-state index is 3.73. The van der Waals surface area contributed by atoms with Crippen LogP contribution in [0, 0.1) is 5.41 Å². The van der Waals surface area contributed by atoms with E-state index in [0.717, 1.165) is 12.1 Å². The van der Waals surface area contributed by atoms with Gasteiger partial charge in [-0.2, -0.15) is 0 Å². The number of nitrogens with one attached hydrogen (secondary N) is 1. The lowest BCUT2D eigenvalue weighted by Gasteiger charge is -2.46. The average Bonchev–Trinajstić information content (AvgIpc) is 3.09. The molecule has 1 saturated carbocycles. The van der Waals surface area contributed by atoms with Gasteiger partial charge in [-0.05, 0) is 57.5 Å². The van der Waals surface area contributed by atoms with Crippen molar-refractivity contribution < 1.29 is 0 Å². The molecule has 2 saturated heterocycles. The second-order valence-electron chi connectivity index (χ2n) is 7.95. The van der Waals surface area contributed by atoms with Crippen LogP contribution in [0.15, 0.2) is 0 Å². The predicted octanol–water partition coefficient (Wildman–Crippen LogP) is 2.71. The molecule has 1 aliphatic carbocycles. The van der Waals surface area contributed by atoms with Crippen LogP contribution in [0.3, 0.4) is 0 Å². The highest BCUT2D eigenvalue weighted by molar-refractivity contribution is 4.96. The van der Waals surface area contributed by atoms with Crippen LogP contribution in [0.4, 0.5) is 0 Å². The van der Waals surface area contributed by atoms with Gasteiger partial charge in [0.25, 0.3) is 0 Å². The van der Waals surface area contributed by atoms with E-state index in [0.29, 0.717) is 5.41 Å². The maximum Gasteiger partial charge on any atom is 0.0224 e. The smallest absolute Gasteiger partial charge is 0.0224 e. The zero-order valence-electron chi connectivity index (χ0n) is 14.2. The van der Waals surface area contributed by atoms with E-state index in [9.17, 15) is 0 Å². The van der Waals surface area contributed by atoms with Crippen molar-refractivity contribution in [2.45, 2.75) is 70.9 Å². The van der Waals surface area contributed by atoms with Crippen molar-refractivity contribution in [1.29, 1.82) is 0 Å². The summed E-state index contributed by atoms with van der Waals surface area (Å²) in [6.45, 7) is 12.5. The third kappa shape index (κ3) is 3.62. The fraction of sp³-hybridized carbons (Fsp3) is 1.00. The normalized spacial score (nSPS) is 33.4. The van der Waals surface area contributed by atoms with Gasteiger partial charge in [0, 0.05) is 38.3 Å². The van der Waals surface area contributed by atoms with Crippen LogP contribution in [-0.4, -0.2) is 61.2 Å². The van der Waals surface area contributed by atoms with Crippen LogP contribution in [0.1, 0.15) is 58.8 Å². The number of hydrogen-bond donors (Lipinski definition) is 1. The van der Waals surface area contributed by atoms with Crippen LogP contribution >= 0.6 is 0 Å². The standard InChI is InChI=1S/C18H35N3/c1-3-10-19-14-18(8-4-5-9-18)15-21-13-17-7-6-11-20(17)12-16(21)2/h16-17,19H,3-15H2,1-2H3. The lowest BCUT2D eigenvalue weighted by Crippen LogP contribution is -2.57. The molecule has 0 amide bonds. The Labute approximate surface area is 131 Å². The molecule has 2 atom stereocenters. The first-order chi connectivity index (χ1) is 10.2. The van der Waals surface area contributed by atoms with E-state index in [-0.39, 0.29) is 0 Å². The van der Waals surface area contributed by atoms with Crippen LogP contribution in [0.5, 0.6) is 0 Å². The van der Waals surface area contributed by atoms with Crippen molar-refractivity contribution in [3.05, 3.63) is 0 Å². The summed E-state index contributed by atoms with van der Waals surface area (Å²) < 4.78 is 0. The van der Waals surface area contributed by atoms with Gasteiger partial charge in [0.15, 0.2) is 0 Å². The molecular weight excluding hydrogens is 258 g/mol. The minimum Gasteiger partial charge on any atom is -0.316 e. The molecule has 0 aromatic heterocycles. The molecule has 1 N–H and O–H groups in total. The predicted molar refractivity (Wildman–Crippen MR) is 89.7 cm³/mol. The van der Waals surface area contributed by atoms with Crippen molar-refractivity contribution in [2.75, 3.05) is 39.3 Å².